The molecule has 4 nitrogen and oxygen atoms in total. The van der Waals surface area contributed by atoms with Crippen LogP contribution < -0.4 is 10.1 Å². The van der Waals surface area contributed by atoms with Crippen molar-refractivity contribution in [1.82, 2.24) is 5.32 Å². The first-order valence-corrected chi connectivity index (χ1v) is 11.4. The van der Waals surface area contributed by atoms with Crippen LogP contribution in [0.2, 0.25) is 5.02 Å². The van der Waals surface area contributed by atoms with Gasteiger partial charge in [-0.15, -0.1) is 0 Å². The van der Waals surface area contributed by atoms with Gasteiger partial charge >= 0.3 is 0 Å². The van der Waals surface area contributed by atoms with Crippen molar-refractivity contribution in [3.8, 4) is 22.9 Å². The summed E-state index contributed by atoms with van der Waals surface area (Å²) in [6.07, 6.45) is 0. The second kappa shape index (κ2) is 11.9. The van der Waals surface area contributed by atoms with E-state index in [4.69, 9.17) is 21.1 Å². The van der Waals surface area contributed by atoms with E-state index in [1.54, 1.807) is 0 Å². The van der Waals surface area contributed by atoms with E-state index in [0.717, 1.165) is 5.56 Å². The quantitative estimate of drug-likeness (QED) is 0.342. The van der Waals surface area contributed by atoms with Crippen molar-refractivity contribution in [3.63, 3.8) is 0 Å². The maximum atomic E-state index is 15.5. The van der Waals surface area contributed by atoms with E-state index < -0.39 is 11.6 Å². The molecule has 3 aromatic rings. The summed E-state index contributed by atoms with van der Waals surface area (Å²) in [7, 11) is 1.51. The highest BCUT2D eigenvalue weighted by molar-refractivity contribution is 6.33. The molecule has 0 aliphatic rings. The minimum atomic E-state index is -0.730. The number of ether oxygens (including phenoxy) is 2. The topological polar surface area (TPSA) is 54.3 Å². The molecule has 0 fully saturated rings. The molecule has 0 radical (unpaired) electrons. The molecular formula is C27H27ClF2N2O2. The van der Waals surface area contributed by atoms with Gasteiger partial charge in [0.05, 0.1) is 23.3 Å². The van der Waals surface area contributed by atoms with Crippen LogP contribution in [0.5, 0.6) is 5.75 Å². The van der Waals surface area contributed by atoms with E-state index in [9.17, 15) is 5.26 Å². The zero-order chi connectivity index (χ0) is 24.7. The fourth-order valence-electron chi connectivity index (χ4n) is 3.73. The van der Waals surface area contributed by atoms with Gasteiger partial charge in [-0.25, -0.2) is 8.78 Å². The molecule has 0 bridgehead atoms. The lowest BCUT2D eigenvalue weighted by molar-refractivity contribution is 0.144. The van der Waals surface area contributed by atoms with Gasteiger partial charge in [0.1, 0.15) is 12.4 Å². The Hall–Kier alpha value is -2.98. The minimum Gasteiger partial charge on any atom is -0.488 e. The van der Waals surface area contributed by atoms with Crippen LogP contribution in [0.1, 0.15) is 36.5 Å². The Bertz CT molecular complexity index is 1160. The molecule has 3 aromatic carbocycles. The van der Waals surface area contributed by atoms with Crippen molar-refractivity contribution in [2.24, 2.45) is 0 Å². The van der Waals surface area contributed by atoms with E-state index in [-0.39, 0.29) is 52.6 Å². The molecule has 0 aliphatic carbocycles. The Balaban J connectivity index is 2.16. The van der Waals surface area contributed by atoms with Crippen LogP contribution in [0.25, 0.3) is 11.1 Å². The highest BCUT2D eigenvalue weighted by atomic mass is 35.5. The van der Waals surface area contributed by atoms with Crippen LogP contribution in [0, 0.1) is 23.0 Å². The fourth-order valence-corrected chi connectivity index (χ4v) is 3.98. The van der Waals surface area contributed by atoms with Crippen LogP contribution in [-0.4, -0.2) is 32.9 Å². The largest absolute Gasteiger partial charge is 0.488 e. The molecule has 0 spiro atoms. The van der Waals surface area contributed by atoms with Crippen molar-refractivity contribution in [2.75, 3.05) is 26.9 Å². The molecule has 1 N–H and O–H groups in total. The number of methoxy groups -OCH3 is 1. The molecule has 0 aromatic heterocycles. The Morgan fingerprint density at radius 3 is 2.44 bits per heavy atom. The molecule has 1 unspecified atom stereocenters. The van der Waals surface area contributed by atoms with Crippen molar-refractivity contribution in [1.29, 1.82) is 5.26 Å². The first-order chi connectivity index (χ1) is 16.4. The van der Waals surface area contributed by atoms with Crippen molar-refractivity contribution in [2.45, 2.75) is 25.8 Å². The summed E-state index contributed by atoms with van der Waals surface area (Å²) in [5, 5.41) is 13.0. The highest BCUT2D eigenvalue weighted by Gasteiger charge is 2.24. The van der Waals surface area contributed by atoms with Crippen LogP contribution in [0.3, 0.4) is 0 Å². The normalized spacial score (nSPS) is 11.9. The number of hydrogen-bond donors (Lipinski definition) is 1. The van der Waals surface area contributed by atoms with Crippen LogP contribution in [0.4, 0.5) is 8.78 Å². The van der Waals surface area contributed by atoms with Gasteiger partial charge < -0.3 is 14.8 Å². The van der Waals surface area contributed by atoms with Crippen LogP contribution in [-0.2, 0) is 4.74 Å². The summed E-state index contributed by atoms with van der Waals surface area (Å²) in [6, 6.07) is 17.3. The number of rotatable bonds is 10. The van der Waals surface area contributed by atoms with Gasteiger partial charge in [-0.1, -0.05) is 55.8 Å². The van der Waals surface area contributed by atoms with Crippen molar-refractivity contribution < 1.29 is 18.3 Å². The molecule has 0 aliphatic heterocycles. The van der Waals surface area contributed by atoms with E-state index in [2.05, 4.69) is 5.32 Å². The summed E-state index contributed by atoms with van der Waals surface area (Å²) in [5.74, 6) is -1.62. The summed E-state index contributed by atoms with van der Waals surface area (Å²) >= 11 is 6.40. The van der Waals surface area contributed by atoms with Crippen LogP contribution in [0.15, 0.2) is 54.6 Å². The summed E-state index contributed by atoms with van der Waals surface area (Å²) < 4.78 is 41.2. The van der Waals surface area contributed by atoms with Crippen molar-refractivity contribution >= 4 is 11.6 Å². The molecule has 0 heterocycles. The lowest BCUT2D eigenvalue weighted by atomic mass is 9.87. The number of halogens is 3. The van der Waals surface area contributed by atoms with Gasteiger partial charge in [0.2, 0.25) is 0 Å². The summed E-state index contributed by atoms with van der Waals surface area (Å²) in [5.41, 5.74) is 1.54. The maximum Gasteiger partial charge on any atom is 0.174 e. The zero-order valence-corrected chi connectivity index (χ0v) is 20.1. The summed E-state index contributed by atoms with van der Waals surface area (Å²) in [4.78, 5) is 0. The Kier molecular flexibility index (Phi) is 9.00. The van der Waals surface area contributed by atoms with Gasteiger partial charge in [0.25, 0.3) is 0 Å². The summed E-state index contributed by atoms with van der Waals surface area (Å²) in [6.45, 7) is 4.90. The van der Waals surface area contributed by atoms with E-state index >= 15 is 8.78 Å². The first kappa shape index (κ1) is 25.6. The first-order valence-electron chi connectivity index (χ1n) is 11.0. The number of nitriles is 1. The van der Waals surface area contributed by atoms with E-state index in [1.807, 2.05) is 50.2 Å². The lowest BCUT2D eigenvalue weighted by Gasteiger charge is -2.22. The number of benzene rings is 3. The van der Waals surface area contributed by atoms with Gasteiger partial charge in [-0.05, 0) is 35.4 Å². The third kappa shape index (κ3) is 5.92. The van der Waals surface area contributed by atoms with Gasteiger partial charge in [-0.2, -0.15) is 5.26 Å². The standard InChI is InChI=1S/C27H27ClF2N2O2/c1-17(2)32-16-22(18-7-5-4-6-8-18)20-13-21(23(28)14-24(20)29)26-19(15-31)9-10-25(27(26)30)34-12-11-33-3/h4-10,13-14,17,22,32H,11-12,16H2,1-3H3. The maximum absolute atomic E-state index is 15.5. The molecule has 0 saturated carbocycles. The van der Waals surface area contributed by atoms with E-state index in [0.29, 0.717) is 12.1 Å². The average Bonchev–Trinajstić information content (AvgIpc) is 2.82. The van der Waals surface area contributed by atoms with Gasteiger partial charge in [0, 0.05) is 36.7 Å². The Morgan fingerprint density at radius 2 is 1.79 bits per heavy atom. The highest BCUT2D eigenvalue weighted by Crippen LogP contribution is 2.40. The molecule has 0 saturated heterocycles. The lowest BCUT2D eigenvalue weighted by Crippen LogP contribution is -2.29. The predicted molar refractivity (Wildman–Crippen MR) is 130 cm³/mol. The smallest absolute Gasteiger partial charge is 0.174 e. The second-order valence-corrected chi connectivity index (χ2v) is 8.54. The predicted octanol–water partition coefficient (Wildman–Crippen LogP) is 6.31. The zero-order valence-electron chi connectivity index (χ0n) is 19.4. The average molecular weight is 485 g/mol. The number of nitrogens with one attached hydrogen (secondary N) is 1. The van der Waals surface area contributed by atoms with Gasteiger partial charge in [0.15, 0.2) is 11.6 Å². The third-order valence-corrected chi connectivity index (χ3v) is 5.75. The number of hydrogen-bond acceptors (Lipinski definition) is 4. The second-order valence-electron chi connectivity index (χ2n) is 8.13. The van der Waals surface area contributed by atoms with Gasteiger partial charge in [-0.3, -0.25) is 0 Å². The molecule has 3 rings (SSSR count). The molecule has 0 amide bonds. The Morgan fingerprint density at radius 1 is 1.06 bits per heavy atom. The molecule has 34 heavy (non-hydrogen) atoms. The minimum absolute atomic E-state index is 0.00863. The fraction of sp³-hybridized carbons (Fsp3) is 0.296. The van der Waals surface area contributed by atoms with E-state index in [1.165, 1.54) is 31.4 Å². The molecule has 178 valence electrons. The SMILES string of the molecule is COCCOc1ccc(C#N)c(-c2cc(C(CNC(C)C)c3ccccc3)c(F)cc2Cl)c1F. The molecular weight excluding hydrogens is 458 g/mol. The van der Waals surface area contributed by atoms with Crippen molar-refractivity contribution in [3.05, 3.63) is 87.9 Å². The third-order valence-electron chi connectivity index (χ3n) is 5.44. The Labute approximate surface area is 204 Å². The molecule has 1 atom stereocenters. The monoisotopic (exact) mass is 484 g/mol. The van der Waals surface area contributed by atoms with Crippen LogP contribution >= 0.6 is 11.6 Å². The number of nitrogens with zero attached hydrogens (tertiary/aromatic N) is 1. The molecule has 7 heteroatoms.